The fourth-order valence-corrected chi connectivity index (χ4v) is 5.55. The fourth-order valence-electron chi connectivity index (χ4n) is 2.65. The standard InChI is InChI=1S/C13H13BrN2O4S2/c1-7(17)16(8-3-2-4-21-8)9-10(18)15-5-13(14,12(19)20)6-22-11(9)15/h2-4,9,11H,5-6H2,1H3,(H,19,20)/t9?,11-,13?/m1/s1. The van der Waals surface area contributed by atoms with E-state index < -0.39 is 16.3 Å². The Balaban J connectivity index is 1.83. The number of carboxylic acids is 1. The van der Waals surface area contributed by atoms with E-state index in [2.05, 4.69) is 15.9 Å². The molecule has 0 saturated carbocycles. The van der Waals surface area contributed by atoms with Crippen molar-refractivity contribution in [3.8, 4) is 0 Å². The van der Waals surface area contributed by atoms with Crippen molar-refractivity contribution >= 4 is 61.8 Å². The smallest absolute Gasteiger partial charge is 0.323 e. The van der Waals surface area contributed by atoms with Crippen LogP contribution in [0.5, 0.6) is 0 Å². The molecule has 2 aliphatic heterocycles. The van der Waals surface area contributed by atoms with Crippen LogP contribution in [0.3, 0.4) is 0 Å². The first kappa shape index (κ1) is 15.8. The summed E-state index contributed by atoms with van der Waals surface area (Å²) in [5, 5.41) is 11.7. The van der Waals surface area contributed by atoms with E-state index in [0.29, 0.717) is 5.75 Å². The summed E-state index contributed by atoms with van der Waals surface area (Å²) in [6, 6.07) is 3.09. The van der Waals surface area contributed by atoms with E-state index in [1.54, 1.807) is 0 Å². The van der Waals surface area contributed by atoms with Gasteiger partial charge in [-0.2, -0.15) is 0 Å². The van der Waals surface area contributed by atoms with Crippen LogP contribution in [0.25, 0.3) is 0 Å². The number of carbonyl (C=O) groups excluding carboxylic acids is 2. The molecular formula is C13H13BrN2O4S2. The van der Waals surface area contributed by atoms with Crippen LogP contribution < -0.4 is 4.90 Å². The van der Waals surface area contributed by atoms with Crippen LogP contribution in [-0.4, -0.2) is 55.8 Å². The zero-order valence-electron chi connectivity index (χ0n) is 11.6. The van der Waals surface area contributed by atoms with E-state index in [-0.39, 0.29) is 23.7 Å². The lowest BCUT2D eigenvalue weighted by molar-refractivity contribution is -0.149. The summed E-state index contributed by atoms with van der Waals surface area (Å²) < 4.78 is -1.11. The summed E-state index contributed by atoms with van der Waals surface area (Å²) >= 11 is 6.02. The van der Waals surface area contributed by atoms with Gasteiger partial charge in [-0.15, -0.1) is 23.1 Å². The van der Waals surface area contributed by atoms with Crippen LogP contribution in [0, 0.1) is 0 Å². The third-order valence-electron chi connectivity index (χ3n) is 3.76. The number of hydrogen-bond acceptors (Lipinski definition) is 5. The number of amides is 2. The number of aliphatic carboxylic acids is 1. The molecule has 6 nitrogen and oxygen atoms in total. The Morgan fingerprint density at radius 3 is 2.82 bits per heavy atom. The molecule has 3 rings (SSSR count). The number of hydrogen-bond donors (Lipinski definition) is 1. The molecule has 3 heterocycles. The molecule has 0 bridgehead atoms. The van der Waals surface area contributed by atoms with Gasteiger partial charge in [0.25, 0.3) is 0 Å². The minimum absolute atomic E-state index is 0.117. The van der Waals surface area contributed by atoms with Gasteiger partial charge in [0.1, 0.15) is 15.7 Å². The predicted octanol–water partition coefficient (Wildman–Crippen LogP) is 1.60. The number of carbonyl (C=O) groups is 3. The molecule has 0 aromatic carbocycles. The number of thioether (sulfide) groups is 1. The molecule has 1 aromatic heterocycles. The minimum atomic E-state index is -1.11. The number of anilines is 1. The van der Waals surface area contributed by atoms with E-state index in [9.17, 15) is 19.5 Å². The third-order valence-corrected chi connectivity index (χ3v) is 7.38. The number of nitrogens with zero attached hydrogens (tertiary/aromatic N) is 2. The Morgan fingerprint density at radius 1 is 1.55 bits per heavy atom. The maximum Gasteiger partial charge on any atom is 0.323 e. The van der Waals surface area contributed by atoms with Crippen molar-refractivity contribution in [2.75, 3.05) is 17.2 Å². The molecule has 2 aliphatic rings. The molecule has 118 valence electrons. The summed E-state index contributed by atoms with van der Waals surface area (Å²) in [6.45, 7) is 1.56. The van der Waals surface area contributed by atoms with Crippen molar-refractivity contribution in [2.24, 2.45) is 0 Å². The highest BCUT2D eigenvalue weighted by atomic mass is 79.9. The van der Waals surface area contributed by atoms with Crippen LogP contribution in [0.1, 0.15) is 6.92 Å². The van der Waals surface area contributed by atoms with Crippen molar-refractivity contribution in [3.63, 3.8) is 0 Å². The van der Waals surface area contributed by atoms with Crippen LogP contribution in [-0.2, 0) is 14.4 Å². The lowest BCUT2D eigenvalue weighted by Crippen LogP contribution is -2.74. The van der Waals surface area contributed by atoms with Gasteiger partial charge in [-0.1, -0.05) is 15.9 Å². The summed E-state index contributed by atoms with van der Waals surface area (Å²) in [7, 11) is 0. The molecule has 1 N–H and O–H groups in total. The van der Waals surface area contributed by atoms with Crippen LogP contribution in [0.4, 0.5) is 5.00 Å². The number of rotatable bonds is 3. The van der Waals surface area contributed by atoms with Crippen molar-refractivity contribution in [1.82, 2.24) is 4.90 Å². The molecule has 3 atom stereocenters. The summed E-state index contributed by atoms with van der Waals surface area (Å²) in [6.07, 6.45) is 0. The molecule has 9 heteroatoms. The summed E-state index contributed by atoms with van der Waals surface area (Å²) in [5.74, 6) is -1.01. The topological polar surface area (TPSA) is 77.9 Å². The first-order valence-corrected chi connectivity index (χ1v) is 9.25. The Kier molecular flexibility index (Phi) is 3.98. The molecule has 1 aromatic rings. The molecule has 2 unspecified atom stereocenters. The SMILES string of the molecule is CC(=O)N(c1cccs1)C1C(=O)N2CC(Br)(C(=O)O)CS[C@H]12. The van der Waals surface area contributed by atoms with Gasteiger partial charge >= 0.3 is 5.97 Å². The molecule has 2 fully saturated rings. The summed E-state index contributed by atoms with van der Waals surface area (Å²) in [4.78, 5) is 38.8. The van der Waals surface area contributed by atoms with Gasteiger partial charge < -0.3 is 10.0 Å². The van der Waals surface area contributed by atoms with E-state index in [4.69, 9.17) is 0 Å². The van der Waals surface area contributed by atoms with E-state index in [1.807, 2.05) is 17.5 Å². The largest absolute Gasteiger partial charge is 0.480 e. The Hall–Kier alpha value is -1.06. The number of halogens is 1. The van der Waals surface area contributed by atoms with Gasteiger partial charge in [-0.05, 0) is 17.5 Å². The molecule has 2 amide bonds. The number of fused-ring (bicyclic) bond motifs is 1. The van der Waals surface area contributed by atoms with Crippen molar-refractivity contribution in [1.29, 1.82) is 0 Å². The second-order valence-corrected chi connectivity index (χ2v) is 8.77. The van der Waals surface area contributed by atoms with E-state index >= 15 is 0 Å². The second-order valence-electron chi connectivity index (χ2n) is 5.22. The number of alkyl halides is 1. The third kappa shape index (κ3) is 2.35. The lowest BCUT2D eigenvalue weighted by atomic mass is 10.0. The molecule has 2 saturated heterocycles. The quantitative estimate of drug-likeness (QED) is 0.611. The monoisotopic (exact) mass is 404 g/mol. The first-order valence-electron chi connectivity index (χ1n) is 6.53. The Morgan fingerprint density at radius 2 is 2.27 bits per heavy atom. The average Bonchev–Trinajstić information content (AvgIpc) is 2.98. The molecular weight excluding hydrogens is 392 g/mol. The molecule has 22 heavy (non-hydrogen) atoms. The highest BCUT2D eigenvalue weighted by Gasteiger charge is 2.58. The molecule has 0 radical (unpaired) electrons. The van der Waals surface area contributed by atoms with Crippen molar-refractivity contribution in [2.45, 2.75) is 22.7 Å². The lowest BCUT2D eigenvalue weighted by Gasteiger charge is -2.54. The van der Waals surface area contributed by atoms with Crippen LogP contribution in [0.2, 0.25) is 0 Å². The molecule has 0 aliphatic carbocycles. The van der Waals surface area contributed by atoms with Gasteiger partial charge in [0, 0.05) is 19.2 Å². The van der Waals surface area contributed by atoms with Crippen molar-refractivity contribution < 1.29 is 19.5 Å². The van der Waals surface area contributed by atoms with E-state index in [0.717, 1.165) is 5.00 Å². The number of thiophene rings is 1. The zero-order valence-corrected chi connectivity index (χ0v) is 14.8. The van der Waals surface area contributed by atoms with Gasteiger partial charge in [0.15, 0.2) is 0 Å². The fraction of sp³-hybridized carbons (Fsp3) is 0.462. The number of β-lactam (4-membered cyclic amide) rings is 1. The van der Waals surface area contributed by atoms with Crippen LogP contribution in [0.15, 0.2) is 17.5 Å². The highest BCUT2D eigenvalue weighted by molar-refractivity contribution is 9.10. The van der Waals surface area contributed by atoms with Crippen LogP contribution >= 0.6 is 39.0 Å². The highest BCUT2D eigenvalue weighted by Crippen LogP contribution is 2.44. The van der Waals surface area contributed by atoms with Gasteiger partial charge in [-0.25, -0.2) is 0 Å². The number of carboxylic acid groups (broad SMARTS) is 1. The molecule has 0 spiro atoms. The van der Waals surface area contributed by atoms with Gasteiger partial charge in [0.05, 0.1) is 5.00 Å². The average molecular weight is 405 g/mol. The van der Waals surface area contributed by atoms with Gasteiger partial charge in [0.2, 0.25) is 11.8 Å². The minimum Gasteiger partial charge on any atom is -0.480 e. The van der Waals surface area contributed by atoms with Crippen molar-refractivity contribution in [3.05, 3.63) is 17.5 Å². The summed E-state index contributed by atoms with van der Waals surface area (Å²) in [5.41, 5.74) is 0. The maximum absolute atomic E-state index is 12.5. The Bertz CT molecular complexity index is 638. The zero-order chi connectivity index (χ0) is 16.1. The van der Waals surface area contributed by atoms with E-state index in [1.165, 1.54) is 39.8 Å². The van der Waals surface area contributed by atoms with Gasteiger partial charge in [-0.3, -0.25) is 19.3 Å². The first-order chi connectivity index (χ1) is 10.3. The predicted molar refractivity (Wildman–Crippen MR) is 88.5 cm³/mol. The maximum atomic E-state index is 12.5. The normalized spacial score (nSPS) is 30.5. The Labute approximate surface area is 143 Å². The second kappa shape index (κ2) is 5.54.